The molecule has 0 spiro atoms. The largest absolute Gasteiger partial charge is 0.307 e. The van der Waals surface area contributed by atoms with E-state index in [9.17, 15) is 14.4 Å². The Hall–Kier alpha value is -1.93. The first-order chi connectivity index (χ1) is 12.6. The van der Waals surface area contributed by atoms with Crippen LogP contribution in [-0.4, -0.2) is 16.4 Å². The highest BCUT2D eigenvalue weighted by Gasteiger charge is 2.30. The van der Waals surface area contributed by atoms with E-state index in [0.717, 1.165) is 36.3 Å². The lowest BCUT2D eigenvalue weighted by atomic mass is 9.72. The molecular formula is C19H25N3O3S2. The SMILES string of the molecule is Cc1csc(=O)n1CC(=O)NNC(=O)c1cc2c(s1)CC[C@H](C(C)(C)C)C2. The Labute approximate surface area is 166 Å². The van der Waals surface area contributed by atoms with E-state index in [-0.39, 0.29) is 22.7 Å². The van der Waals surface area contributed by atoms with Crippen LogP contribution in [0, 0.1) is 18.3 Å². The number of thiophene rings is 1. The molecule has 2 aromatic heterocycles. The molecular weight excluding hydrogens is 382 g/mol. The van der Waals surface area contributed by atoms with E-state index in [1.54, 1.807) is 12.3 Å². The Morgan fingerprint density at radius 3 is 2.67 bits per heavy atom. The van der Waals surface area contributed by atoms with Crippen LogP contribution in [0.3, 0.4) is 0 Å². The van der Waals surface area contributed by atoms with Crippen molar-refractivity contribution in [1.82, 2.24) is 15.4 Å². The molecule has 0 saturated heterocycles. The van der Waals surface area contributed by atoms with Gasteiger partial charge in [-0.05, 0) is 49.1 Å². The van der Waals surface area contributed by atoms with Gasteiger partial charge in [-0.2, -0.15) is 0 Å². The predicted octanol–water partition coefficient (Wildman–Crippen LogP) is 2.89. The summed E-state index contributed by atoms with van der Waals surface area (Å²) in [5, 5.41) is 1.70. The summed E-state index contributed by atoms with van der Waals surface area (Å²) in [6.07, 6.45) is 3.14. The molecule has 0 unspecified atom stereocenters. The molecule has 146 valence electrons. The number of amides is 2. The molecule has 0 bridgehead atoms. The molecule has 8 heteroatoms. The number of thiazole rings is 1. The number of hydrogen-bond donors (Lipinski definition) is 2. The first-order valence-electron chi connectivity index (χ1n) is 9.01. The minimum absolute atomic E-state index is 0.108. The molecule has 2 heterocycles. The number of nitrogens with one attached hydrogen (secondary N) is 2. The van der Waals surface area contributed by atoms with Crippen molar-refractivity contribution in [3.63, 3.8) is 0 Å². The Morgan fingerprint density at radius 2 is 2.04 bits per heavy atom. The second-order valence-electron chi connectivity index (χ2n) is 8.10. The molecule has 27 heavy (non-hydrogen) atoms. The van der Waals surface area contributed by atoms with E-state index in [2.05, 4.69) is 31.6 Å². The van der Waals surface area contributed by atoms with Crippen LogP contribution in [0.4, 0.5) is 0 Å². The number of carbonyl (C=O) groups excluding carboxylic acids is 2. The maximum atomic E-state index is 12.4. The lowest BCUT2D eigenvalue weighted by molar-refractivity contribution is -0.122. The van der Waals surface area contributed by atoms with Crippen LogP contribution in [0.1, 0.15) is 53.0 Å². The highest BCUT2D eigenvalue weighted by atomic mass is 32.1. The highest BCUT2D eigenvalue weighted by molar-refractivity contribution is 7.14. The minimum Gasteiger partial charge on any atom is -0.294 e. The fourth-order valence-corrected chi connectivity index (χ4v) is 5.18. The molecule has 2 amide bonds. The summed E-state index contributed by atoms with van der Waals surface area (Å²) >= 11 is 2.55. The van der Waals surface area contributed by atoms with Gasteiger partial charge in [0.15, 0.2) is 0 Å². The van der Waals surface area contributed by atoms with Crippen LogP contribution in [0.5, 0.6) is 0 Å². The van der Waals surface area contributed by atoms with Crippen molar-refractivity contribution in [2.24, 2.45) is 11.3 Å². The van der Waals surface area contributed by atoms with Crippen LogP contribution in [-0.2, 0) is 24.2 Å². The first kappa shape index (κ1) is 19.8. The van der Waals surface area contributed by atoms with Crippen molar-refractivity contribution in [3.8, 4) is 0 Å². The standard InChI is InChI=1S/C19H25N3O3S2/c1-11-10-26-18(25)22(11)9-16(23)20-21-17(24)15-8-12-7-13(19(2,3)4)5-6-14(12)27-15/h8,10,13H,5-7,9H2,1-4H3,(H,20,23)(H,21,24)/t13-/m0/s1. The van der Waals surface area contributed by atoms with Gasteiger partial charge in [0.05, 0.1) is 4.88 Å². The molecule has 0 aliphatic heterocycles. The molecule has 0 fully saturated rings. The Bertz CT molecular complexity index is 918. The molecule has 3 rings (SSSR count). The number of hydrazine groups is 1. The number of aromatic nitrogens is 1. The highest BCUT2D eigenvalue weighted by Crippen LogP contribution is 2.40. The lowest BCUT2D eigenvalue weighted by Crippen LogP contribution is -2.43. The van der Waals surface area contributed by atoms with Gasteiger partial charge in [-0.25, -0.2) is 0 Å². The van der Waals surface area contributed by atoms with Gasteiger partial charge in [0, 0.05) is 16.0 Å². The number of hydrogen-bond acceptors (Lipinski definition) is 5. The number of rotatable bonds is 3. The third kappa shape index (κ3) is 4.50. The van der Waals surface area contributed by atoms with Gasteiger partial charge in [0.1, 0.15) is 6.54 Å². The van der Waals surface area contributed by atoms with Crippen LogP contribution < -0.4 is 15.7 Å². The van der Waals surface area contributed by atoms with E-state index in [1.165, 1.54) is 26.3 Å². The number of fused-ring (bicyclic) bond motifs is 1. The van der Waals surface area contributed by atoms with Crippen LogP contribution in [0.2, 0.25) is 0 Å². The number of carbonyl (C=O) groups is 2. The summed E-state index contributed by atoms with van der Waals surface area (Å²) in [6, 6.07) is 1.95. The maximum absolute atomic E-state index is 12.4. The van der Waals surface area contributed by atoms with Crippen molar-refractivity contribution in [2.45, 2.75) is 53.5 Å². The van der Waals surface area contributed by atoms with Crippen LogP contribution in [0.25, 0.3) is 0 Å². The Kier molecular flexibility index (Phi) is 5.58. The lowest BCUT2D eigenvalue weighted by Gasteiger charge is -2.33. The molecule has 0 radical (unpaired) electrons. The van der Waals surface area contributed by atoms with E-state index in [4.69, 9.17) is 0 Å². The van der Waals surface area contributed by atoms with Crippen molar-refractivity contribution in [2.75, 3.05) is 0 Å². The van der Waals surface area contributed by atoms with Crippen molar-refractivity contribution in [3.05, 3.63) is 42.1 Å². The summed E-state index contributed by atoms with van der Waals surface area (Å²) in [5.74, 6) is -0.132. The van der Waals surface area contributed by atoms with Gasteiger partial charge in [0.25, 0.3) is 11.8 Å². The third-order valence-corrected chi connectivity index (χ3v) is 7.24. The zero-order valence-electron chi connectivity index (χ0n) is 16.0. The molecule has 1 aliphatic rings. The molecule has 2 aromatic rings. The summed E-state index contributed by atoms with van der Waals surface area (Å²) in [7, 11) is 0. The fraction of sp³-hybridized carbons (Fsp3) is 0.526. The van der Waals surface area contributed by atoms with Crippen molar-refractivity contribution in [1.29, 1.82) is 0 Å². The Morgan fingerprint density at radius 1 is 1.30 bits per heavy atom. The summed E-state index contributed by atoms with van der Waals surface area (Å²) < 4.78 is 1.38. The second-order valence-corrected chi connectivity index (χ2v) is 10.1. The van der Waals surface area contributed by atoms with Crippen LogP contribution >= 0.6 is 22.7 Å². The van der Waals surface area contributed by atoms with Crippen LogP contribution in [0.15, 0.2) is 16.2 Å². The molecule has 0 aromatic carbocycles. The van der Waals surface area contributed by atoms with E-state index in [0.29, 0.717) is 10.8 Å². The maximum Gasteiger partial charge on any atom is 0.307 e. The average molecular weight is 408 g/mol. The third-order valence-electron chi connectivity index (χ3n) is 5.12. The van der Waals surface area contributed by atoms with Gasteiger partial charge in [0.2, 0.25) is 0 Å². The zero-order chi connectivity index (χ0) is 19.8. The van der Waals surface area contributed by atoms with Gasteiger partial charge >= 0.3 is 4.87 Å². The smallest absolute Gasteiger partial charge is 0.294 e. The molecule has 6 nitrogen and oxygen atoms in total. The summed E-state index contributed by atoms with van der Waals surface area (Å²) in [6.45, 7) is 8.45. The number of nitrogens with zero attached hydrogens (tertiary/aromatic N) is 1. The van der Waals surface area contributed by atoms with Crippen molar-refractivity contribution >= 4 is 34.5 Å². The van der Waals surface area contributed by atoms with Crippen molar-refractivity contribution < 1.29 is 9.59 Å². The summed E-state index contributed by atoms with van der Waals surface area (Å²) in [5.41, 5.74) is 7.10. The van der Waals surface area contributed by atoms with E-state index >= 15 is 0 Å². The monoisotopic (exact) mass is 407 g/mol. The normalized spacial score (nSPS) is 16.7. The average Bonchev–Trinajstić information content (AvgIpc) is 3.16. The zero-order valence-corrected chi connectivity index (χ0v) is 17.7. The molecule has 2 N–H and O–H groups in total. The predicted molar refractivity (Wildman–Crippen MR) is 108 cm³/mol. The fourth-order valence-electron chi connectivity index (χ4n) is 3.34. The Balaban J connectivity index is 1.59. The topological polar surface area (TPSA) is 80.2 Å². The van der Waals surface area contributed by atoms with Gasteiger partial charge < -0.3 is 0 Å². The summed E-state index contributed by atoms with van der Waals surface area (Å²) in [4.78, 5) is 37.8. The van der Waals surface area contributed by atoms with E-state index in [1.807, 2.05) is 6.07 Å². The van der Waals surface area contributed by atoms with Gasteiger partial charge in [-0.1, -0.05) is 32.1 Å². The second kappa shape index (κ2) is 7.59. The number of aryl methyl sites for hydroxylation is 2. The van der Waals surface area contributed by atoms with Gasteiger partial charge in [-0.15, -0.1) is 11.3 Å². The molecule has 0 saturated carbocycles. The molecule has 1 aliphatic carbocycles. The molecule has 1 atom stereocenters. The first-order valence-corrected chi connectivity index (χ1v) is 10.7. The quantitative estimate of drug-likeness (QED) is 0.768. The van der Waals surface area contributed by atoms with Gasteiger partial charge in [-0.3, -0.25) is 29.8 Å². The van der Waals surface area contributed by atoms with E-state index < -0.39 is 5.91 Å². The minimum atomic E-state index is -0.430.